The van der Waals surface area contributed by atoms with Gasteiger partial charge in [-0.25, -0.2) is 14.5 Å². The fraction of sp³-hybridized carbons (Fsp3) is 0.474. The average Bonchev–Trinajstić information content (AvgIpc) is 3.08. The number of urea groups is 1. The van der Waals surface area contributed by atoms with E-state index < -0.39 is 16.2 Å². The minimum Gasteiger partial charge on any atom is -0.332 e. The number of nitrogens with one attached hydrogen (secondary N) is 2. The van der Waals surface area contributed by atoms with E-state index in [1.165, 1.54) is 4.31 Å². The van der Waals surface area contributed by atoms with Gasteiger partial charge in [0, 0.05) is 31.2 Å². The number of aromatic nitrogens is 2. The maximum atomic E-state index is 12.7. The molecular formula is C19H27N5O3S. The molecule has 1 aromatic carbocycles. The van der Waals surface area contributed by atoms with Crippen LogP contribution >= 0.6 is 0 Å². The van der Waals surface area contributed by atoms with Crippen molar-refractivity contribution < 1.29 is 13.2 Å². The minimum absolute atomic E-state index is 0.134. The highest BCUT2D eigenvalue weighted by molar-refractivity contribution is 7.87. The van der Waals surface area contributed by atoms with Crippen molar-refractivity contribution in [1.29, 1.82) is 0 Å². The lowest BCUT2D eigenvalue weighted by atomic mass is 9.93. The molecule has 9 heteroatoms. The smallest absolute Gasteiger partial charge is 0.332 e. The van der Waals surface area contributed by atoms with Crippen LogP contribution < -0.4 is 10.0 Å². The molecule has 0 bridgehead atoms. The van der Waals surface area contributed by atoms with Gasteiger partial charge in [0.25, 0.3) is 0 Å². The first-order valence-corrected chi connectivity index (χ1v) is 10.8. The number of carbonyl (C=O) groups is 1. The lowest BCUT2D eigenvalue weighted by Crippen LogP contribution is -2.47. The van der Waals surface area contributed by atoms with Crippen molar-refractivity contribution in [2.45, 2.75) is 52.6 Å². The van der Waals surface area contributed by atoms with Gasteiger partial charge in [0.05, 0.1) is 6.54 Å². The zero-order valence-corrected chi connectivity index (χ0v) is 17.5. The van der Waals surface area contributed by atoms with E-state index in [0.29, 0.717) is 18.1 Å². The summed E-state index contributed by atoms with van der Waals surface area (Å²) in [6.45, 7) is 9.07. The van der Waals surface area contributed by atoms with E-state index in [2.05, 4.69) is 15.0 Å². The minimum atomic E-state index is -3.97. The predicted octanol–water partition coefficient (Wildman–Crippen LogP) is 3.01. The number of hydrogen-bond donors (Lipinski definition) is 2. The molecule has 0 fully saturated rings. The lowest BCUT2D eigenvalue weighted by Gasteiger charge is -2.27. The zero-order valence-electron chi connectivity index (χ0n) is 16.6. The van der Waals surface area contributed by atoms with Crippen molar-refractivity contribution in [2.24, 2.45) is 0 Å². The summed E-state index contributed by atoms with van der Waals surface area (Å²) in [6, 6.07) is 5.10. The van der Waals surface area contributed by atoms with E-state index in [1.54, 1.807) is 6.20 Å². The first kappa shape index (κ1) is 20.3. The standard InChI is InChI=1S/C19H27N5O3S/c1-13(2)15-6-5-7-16(14(3)4)18(15)21-19(25)22-28(26,27)24-11-10-23-9-8-20-17(23)12-24/h5-9,13-14H,10-12H2,1-4H3,(H2,21,22,25). The van der Waals surface area contributed by atoms with Gasteiger partial charge >= 0.3 is 16.2 Å². The molecule has 28 heavy (non-hydrogen) atoms. The van der Waals surface area contributed by atoms with Gasteiger partial charge in [-0.05, 0) is 23.0 Å². The molecule has 2 N–H and O–H groups in total. The SMILES string of the molecule is CC(C)c1cccc(C(C)C)c1NC(=O)NS(=O)(=O)N1CCn2ccnc2C1. The topological polar surface area (TPSA) is 96.3 Å². The number of hydrogen-bond acceptors (Lipinski definition) is 4. The van der Waals surface area contributed by atoms with E-state index in [4.69, 9.17) is 0 Å². The normalized spacial score (nSPS) is 14.9. The summed E-state index contributed by atoms with van der Waals surface area (Å²) in [5, 5.41) is 2.77. The van der Waals surface area contributed by atoms with Crippen LogP contribution in [0.25, 0.3) is 0 Å². The molecule has 8 nitrogen and oxygen atoms in total. The summed E-state index contributed by atoms with van der Waals surface area (Å²) >= 11 is 0. The Balaban J connectivity index is 1.77. The first-order chi connectivity index (χ1) is 13.2. The third-order valence-electron chi connectivity index (χ3n) is 4.88. The van der Waals surface area contributed by atoms with E-state index in [9.17, 15) is 13.2 Å². The summed E-state index contributed by atoms with van der Waals surface area (Å²) in [7, 11) is -3.97. The van der Waals surface area contributed by atoms with Crippen molar-refractivity contribution in [3.8, 4) is 0 Å². The van der Waals surface area contributed by atoms with Gasteiger partial charge in [-0.1, -0.05) is 45.9 Å². The Morgan fingerprint density at radius 2 is 1.75 bits per heavy atom. The van der Waals surface area contributed by atoms with E-state index in [1.807, 2.05) is 56.7 Å². The third-order valence-corrected chi connectivity index (χ3v) is 6.32. The largest absolute Gasteiger partial charge is 0.333 e. The molecule has 2 aromatic rings. The van der Waals surface area contributed by atoms with Crippen LogP contribution in [0.15, 0.2) is 30.6 Å². The maximum Gasteiger partial charge on any atom is 0.333 e. The number of rotatable bonds is 5. The van der Waals surface area contributed by atoms with Crippen LogP contribution in [0.5, 0.6) is 0 Å². The van der Waals surface area contributed by atoms with Crippen molar-refractivity contribution in [3.05, 3.63) is 47.5 Å². The molecule has 0 saturated heterocycles. The number of imidazole rings is 1. The van der Waals surface area contributed by atoms with Gasteiger partial charge in [-0.3, -0.25) is 0 Å². The first-order valence-electron chi connectivity index (χ1n) is 9.40. The number of benzene rings is 1. The van der Waals surface area contributed by atoms with Gasteiger partial charge in [0.1, 0.15) is 5.82 Å². The quantitative estimate of drug-likeness (QED) is 0.799. The van der Waals surface area contributed by atoms with E-state index >= 15 is 0 Å². The fourth-order valence-electron chi connectivity index (χ4n) is 3.37. The number of amides is 2. The highest BCUT2D eigenvalue weighted by atomic mass is 32.2. The molecule has 1 aliphatic heterocycles. The lowest BCUT2D eigenvalue weighted by molar-refractivity contribution is 0.255. The molecule has 0 saturated carbocycles. The van der Waals surface area contributed by atoms with Crippen LogP contribution in [-0.4, -0.2) is 34.8 Å². The Bertz CT molecular complexity index is 939. The van der Waals surface area contributed by atoms with Gasteiger partial charge < -0.3 is 9.88 Å². The van der Waals surface area contributed by atoms with Crippen LogP contribution in [0.3, 0.4) is 0 Å². The Labute approximate surface area is 166 Å². The summed E-state index contributed by atoms with van der Waals surface area (Å²) in [5.41, 5.74) is 2.62. The molecular weight excluding hydrogens is 378 g/mol. The molecule has 0 unspecified atom stereocenters. The Morgan fingerprint density at radius 1 is 1.11 bits per heavy atom. The van der Waals surface area contributed by atoms with Gasteiger partial charge in [0.2, 0.25) is 0 Å². The molecule has 152 valence electrons. The number of nitrogens with zero attached hydrogens (tertiary/aromatic N) is 3. The molecule has 1 aromatic heterocycles. The highest BCUT2D eigenvalue weighted by Gasteiger charge is 2.29. The molecule has 0 spiro atoms. The second-order valence-electron chi connectivity index (χ2n) is 7.55. The molecule has 0 atom stereocenters. The van der Waals surface area contributed by atoms with Crippen LogP contribution in [0, 0.1) is 0 Å². The number of anilines is 1. The molecule has 2 amide bonds. The molecule has 3 rings (SSSR count). The average molecular weight is 406 g/mol. The van der Waals surface area contributed by atoms with Crippen molar-refractivity contribution >= 4 is 21.9 Å². The molecule has 2 heterocycles. The second kappa shape index (κ2) is 7.92. The molecule has 0 radical (unpaired) electrons. The van der Waals surface area contributed by atoms with Gasteiger partial charge in [-0.2, -0.15) is 12.7 Å². The Morgan fingerprint density at radius 3 is 2.36 bits per heavy atom. The Hall–Kier alpha value is -2.39. The van der Waals surface area contributed by atoms with Crippen molar-refractivity contribution in [2.75, 3.05) is 11.9 Å². The highest BCUT2D eigenvalue weighted by Crippen LogP contribution is 2.32. The fourth-order valence-corrected chi connectivity index (χ4v) is 4.39. The van der Waals surface area contributed by atoms with Crippen LogP contribution in [0.2, 0.25) is 0 Å². The predicted molar refractivity (Wildman–Crippen MR) is 108 cm³/mol. The van der Waals surface area contributed by atoms with Crippen molar-refractivity contribution in [1.82, 2.24) is 18.6 Å². The third kappa shape index (κ3) is 4.20. The van der Waals surface area contributed by atoms with Crippen molar-refractivity contribution in [3.63, 3.8) is 0 Å². The second-order valence-corrected chi connectivity index (χ2v) is 9.22. The number of para-hydroxylation sites is 1. The number of fused-ring (bicyclic) bond motifs is 1. The monoisotopic (exact) mass is 405 g/mol. The van der Waals surface area contributed by atoms with Crippen LogP contribution in [0.1, 0.15) is 56.5 Å². The maximum absolute atomic E-state index is 12.7. The van der Waals surface area contributed by atoms with Crippen LogP contribution in [-0.2, 0) is 23.3 Å². The summed E-state index contributed by atoms with van der Waals surface area (Å²) in [5.74, 6) is 1.03. The summed E-state index contributed by atoms with van der Waals surface area (Å²) in [6.07, 6.45) is 3.46. The van der Waals surface area contributed by atoms with Gasteiger partial charge in [0.15, 0.2) is 0 Å². The molecule has 0 aliphatic carbocycles. The zero-order chi connectivity index (χ0) is 20.5. The van der Waals surface area contributed by atoms with E-state index in [0.717, 1.165) is 11.1 Å². The van der Waals surface area contributed by atoms with Crippen LogP contribution in [0.4, 0.5) is 10.5 Å². The summed E-state index contributed by atoms with van der Waals surface area (Å²) in [4.78, 5) is 16.7. The van der Waals surface area contributed by atoms with E-state index in [-0.39, 0.29) is 24.9 Å². The van der Waals surface area contributed by atoms with Gasteiger partial charge in [-0.15, -0.1) is 0 Å². The molecule has 1 aliphatic rings. The number of carbonyl (C=O) groups excluding carboxylic acids is 1. The Kier molecular flexibility index (Phi) is 5.76. The summed E-state index contributed by atoms with van der Waals surface area (Å²) < 4.78 is 30.6.